The third-order valence-corrected chi connectivity index (χ3v) is 3.86. The molecule has 1 saturated carbocycles. The van der Waals surface area contributed by atoms with Gasteiger partial charge in [0.25, 0.3) is 0 Å². The second kappa shape index (κ2) is 7.09. The molecule has 1 aliphatic carbocycles. The van der Waals surface area contributed by atoms with Crippen LogP contribution in [0, 0.1) is 6.92 Å². The van der Waals surface area contributed by atoms with Crippen LogP contribution < -0.4 is 10.1 Å². The van der Waals surface area contributed by atoms with Crippen LogP contribution in [-0.4, -0.2) is 23.4 Å². The summed E-state index contributed by atoms with van der Waals surface area (Å²) in [7, 11) is 0. The zero-order valence-electron chi connectivity index (χ0n) is 12.9. The number of benzene rings is 1. The predicted molar refractivity (Wildman–Crippen MR) is 82.0 cm³/mol. The Hall–Kier alpha value is -1.06. The van der Waals surface area contributed by atoms with Gasteiger partial charge in [-0.15, -0.1) is 0 Å². The molecule has 2 N–H and O–H groups in total. The first-order valence-electron chi connectivity index (χ1n) is 7.74. The lowest BCUT2D eigenvalue weighted by Gasteiger charge is -2.29. The molecule has 3 heteroatoms. The molecule has 0 aromatic heterocycles. The molecule has 2 rings (SSSR count). The van der Waals surface area contributed by atoms with Gasteiger partial charge >= 0.3 is 0 Å². The highest BCUT2D eigenvalue weighted by molar-refractivity contribution is 5.37. The Labute approximate surface area is 122 Å². The average molecular weight is 277 g/mol. The van der Waals surface area contributed by atoms with E-state index in [0.29, 0.717) is 6.04 Å². The molecule has 1 fully saturated rings. The van der Waals surface area contributed by atoms with E-state index in [1.165, 1.54) is 11.1 Å². The second-order valence-corrected chi connectivity index (χ2v) is 6.15. The van der Waals surface area contributed by atoms with Crippen molar-refractivity contribution in [1.29, 1.82) is 0 Å². The summed E-state index contributed by atoms with van der Waals surface area (Å²) in [5.41, 5.74) is 2.42. The molecular weight excluding hydrogens is 250 g/mol. The monoisotopic (exact) mass is 277 g/mol. The molecule has 2 unspecified atom stereocenters. The van der Waals surface area contributed by atoms with Crippen LogP contribution in [0.3, 0.4) is 0 Å². The standard InChI is InChI=1S/C17H27NO2/c1-12(2)18-11-14-10-13(3)8-9-16(14)20-17-7-5-4-6-15(17)19/h8-10,12,15,17-19H,4-7,11H2,1-3H3. The van der Waals surface area contributed by atoms with Gasteiger partial charge in [0.05, 0.1) is 6.10 Å². The number of hydrogen-bond acceptors (Lipinski definition) is 3. The van der Waals surface area contributed by atoms with E-state index in [-0.39, 0.29) is 12.2 Å². The molecule has 0 heterocycles. The normalized spacial score (nSPS) is 23.1. The van der Waals surface area contributed by atoms with Crippen LogP contribution in [0.15, 0.2) is 18.2 Å². The SMILES string of the molecule is Cc1ccc(OC2CCCCC2O)c(CNC(C)C)c1. The lowest BCUT2D eigenvalue weighted by molar-refractivity contribution is 0.00634. The van der Waals surface area contributed by atoms with Crippen molar-refractivity contribution in [1.82, 2.24) is 5.32 Å². The van der Waals surface area contributed by atoms with Crippen LogP contribution in [-0.2, 0) is 6.54 Å². The maximum Gasteiger partial charge on any atom is 0.124 e. The summed E-state index contributed by atoms with van der Waals surface area (Å²) in [4.78, 5) is 0. The van der Waals surface area contributed by atoms with Crippen molar-refractivity contribution < 1.29 is 9.84 Å². The van der Waals surface area contributed by atoms with Crippen molar-refractivity contribution in [3.63, 3.8) is 0 Å². The number of ether oxygens (including phenoxy) is 1. The smallest absolute Gasteiger partial charge is 0.124 e. The lowest BCUT2D eigenvalue weighted by Crippen LogP contribution is -2.35. The van der Waals surface area contributed by atoms with Crippen LogP contribution in [0.4, 0.5) is 0 Å². The van der Waals surface area contributed by atoms with Gasteiger partial charge in [0, 0.05) is 18.2 Å². The van der Waals surface area contributed by atoms with Crippen molar-refractivity contribution in [2.75, 3.05) is 0 Å². The predicted octanol–water partition coefficient (Wildman–Crippen LogP) is 3.18. The topological polar surface area (TPSA) is 41.5 Å². The van der Waals surface area contributed by atoms with Gasteiger partial charge in [-0.25, -0.2) is 0 Å². The molecule has 20 heavy (non-hydrogen) atoms. The Balaban J connectivity index is 2.09. The minimum atomic E-state index is -0.323. The minimum Gasteiger partial charge on any atom is -0.487 e. The van der Waals surface area contributed by atoms with E-state index in [9.17, 15) is 5.11 Å². The Morgan fingerprint density at radius 2 is 2.05 bits per heavy atom. The number of hydrogen-bond donors (Lipinski definition) is 2. The van der Waals surface area contributed by atoms with Crippen molar-refractivity contribution in [2.45, 2.75) is 71.2 Å². The summed E-state index contributed by atoms with van der Waals surface area (Å²) in [6, 6.07) is 6.72. The minimum absolute atomic E-state index is 0.0516. The van der Waals surface area contributed by atoms with Gasteiger partial charge in [0.15, 0.2) is 0 Å². The lowest BCUT2D eigenvalue weighted by atomic mass is 9.94. The highest BCUT2D eigenvalue weighted by Gasteiger charge is 2.25. The summed E-state index contributed by atoms with van der Waals surface area (Å²) in [5, 5.41) is 13.5. The van der Waals surface area contributed by atoms with Crippen molar-refractivity contribution in [2.24, 2.45) is 0 Å². The third-order valence-electron chi connectivity index (χ3n) is 3.86. The van der Waals surface area contributed by atoms with Gasteiger partial charge in [-0.3, -0.25) is 0 Å². The average Bonchev–Trinajstić information content (AvgIpc) is 2.41. The third kappa shape index (κ3) is 4.22. The first-order chi connectivity index (χ1) is 9.56. The van der Waals surface area contributed by atoms with Gasteiger partial charge < -0.3 is 15.2 Å². The van der Waals surface area contributed by atoms with E-state index in [0.717, 1.165) is 38.0 Å². The Morgan fingerprint density at radius 3 is 2.75 bits per heavy atom. The zero-order valence-corrected chi connectivity index (χ0v) is 12.9. The maximum absolute atomic E-state index is 10.1. The quantitative estimate of drug-likeness (QED) is 0.868. The molecule has 0 saturated heterocycles. The molecule has 0 spiro atoms. The summed E-state index contributed by atoms with van der Waals surface area (Å²) in [6.45, 7) is 7.18. The second-order valence-electron chi connectivity index (χ2n) is 6.15. The molecule has 1 aromatic carbocycles. The van der Waals surface area contributed by atoms with Crippen molar-refractivity contribution in [3.8, 4) is 5.75 Å². The molecule has 0 aliphatic heterocycles. The number of aliphatic hydroxyl groups is 1. The number of nitrogens with one attached hydrogen (secondary N) is 1. The Kier molecular flexibility index (Phi) is 5.44. The zero-order chi connectivity index (χ0) is 14.5. The van der Waals surface area contributed by atoms with Crippen LogP contribution in [0.1, 0.15) is 50.7 Å². The van der Waals surface area contributed by atoms with Crippen LogP contribution in [0.25, 0.3) is 0 Å². The molecule has 3 nitrogen and oxygen atoms in total. The van der Waals surface area contributed by atoms with E-state index < -0.39 is 0 Å². The summed E-state index contributed by atoms with van der Waals surface area (Å²) >= 11 is 0. The first kappa shape index (κ1) is 15.3. The highest BCUT2D eigenvalue weighted by atomic mass is 16.5. The molecule has 0 radical (unpaired) electrons. The molecule has 0 bridgehead atoms. The number of rotatable bonds is 5. The van der Waals surface area contributed by atoms with E-state index in [1.54, 1.807) is 0 Å². The molecule has 1 aromatic rings. The molecule has 112 valence electrons. The molecule has 1 aliphatic rings. The summed E-state index contributed by atoms with van der Waals surface area (Å²) in [6.07, 6.45) is 3.69. The van der Waals surface area contributed by atoms with Crippen LogP contribution in [0.5, 0.6) is 5.75 Å². The van der Waals surface area contributed by atoms with Crippen LogP contribution in [0.2, 0.25) is 0 Å². The fraction of sp³-hybridized carbons (Fsp3) is 0.647. The largest absolute Gasteiger partial charge is 0.487 e. The van der Waals surface area contributed by atoms with Gasteiger partial charge in [0.1, 0.15) is 11.9 Å². The van der Waals surface area contributed by atoms with E-state index in [4.69, 9.17) is 4.74 Å². The van der Waals surface area contributed by atoms with Gasteiger partial charge in [-0.05, 0) is 32.3 Å². The van der Waals surface area contributed by atoms with Crippen molar-refractivity contribution >= 4 is 0 Å². The Bertz CT molecular complexity index is 431. The van der Waals surface area contributed by atoms with Gasteiger partial charge in [0.2, 0.25) is 0 Å². The van der Waals surface area contributed by atoms with E-state index in [1.807, 2.05) is 6.07 Å². The summed E-state index contributed by atoms with van der Waals surface area (Å²) in [5.74, 6) is 0.912. The van der Waals surface area contributed by atoms with E-state index >= 15 is 0 Å². The van der Waals surface area contributed by atoms with E-state index in [2.05, 4.69) is 38.2 Å². The van der Waals surface area contributed by atoms with Gasteiger partial charge in [-0.2, -0.15) is 0 Å². The molecule has 2 atom stereocenters. The van der Waals surface area contributed by atoms with Crippen molar-refractivity contribution in [3.05, 3.63) is 29.3 Å². The fourth-order valence-electron chi connectivity index (χ4n) is 2.65. The van der Waals surface area contributed by atoms with Gasteiger partial charge in [-0.1, -0.05) is 38.0 Å². The molecular formula is C17H27NO2. The Morgan fingerprint density at radius 1 is 1.30 bits per heavy atom. The molecule has 0 amide bonds. The highest BCUT2D eigenvalue weighted by Crippen LogP contribution is 2.27. The number of aryl methyl sites for hydroxylation is 1. The van der Waals surface area contributed by atoms with Crippen LogP contribution >= 0.6 is 0 Å². The fourth-order valence-corrected chi connectivity index (χ4v) is 2.65. The number of aliphatic hydroxyl groups excluding tert-OH is 1. The first-order valence-corrected chi connectivity index (χ1v) is 7.74. The summed E-state index contributed by atoms with van der Waals surface area (Å²) < 4.78 is 6.10. The maximum atomic E-state index is 10.1.